The number of anilines is 1. The van der Waals surface area contributed by atoms with Gasteiger partial charge in [-0.2, -0.15) is 0 Å². The molecule has 2 fully saturated rings. The molecule has 1 unspecified atom stereocenters. The van der Waals surface area contributed by atoms with E-state index in [2.05, 4.69) is 23.7 Å². The third kappa shape index (κ3) is 3.09. The molecule has 5 heteroatoms. The predicted octanol–water partition coefficient (Wildman–Crippen LogP) is 4.19. The highest BCUT2D eigenvalue weighted by atomic mass is 19.1. The quantitative estimate of drug-likeness (QED) is 0.798. The molecule has 0 N–H and O–H groups in total. The van der Waals surface area contributed by atoms with Crippen molar-refractivity contribution in [1.82, 2.24) is 9.88 Å². The molecule has 2 saturated heterocycles. The number of hydrogen-bond donors (Lipinski definition) is 0. The highest BCUT2D eigenvalue weighted by molar-refractivity contribution is 5.93. The Morgan fingerprint density at radius 3 is 2.70 bits per heavy atom. The molecule has 0 radical (unpaired) electrons. The lowest BCUT2D eigenvalue weighted by molar-refractivity contribution is 0.0611. The minimum atomic E-state index is -0.229. The zero-order chi connectivity index (χ0) is 19.2. The van der Waals surface area contributed by atoms with Crippen LogP contribution >= 0.6 is 0 Å². The Bertz CT molecular complexity index is 881. The van der Waals surface area contributed by atoms with E-state index in [-0.39, 0.29) is 22.8 Å². The molecule has 0 saturated carbocycles. The average Bonchev–Trinajstić information content (AvgIpc) is 3.14. The zero-order valence-electron chi connectivity index (χ0n) is 16.2. The number of likely N-dealkylation sites (tertiary alicyclic amines) is 1. The molecule has 3 heterocycles. The molecule has 1 aromatic heterocycles. The SMILES string of the molecule is Cc1cccc(C(=O)N2CCCC23CN(c2cccc(F)c2)C(C)(C)C3)n1. The van der Waals surface area contributed by atoms with Crippen LogP contribution < -0.4 is 4.90 Å². The van der Waals surface area contributed by atoms with Crippen LogP contribution in [0.25, 0.3) is 0 Å². The Morgan fingerprint density at radius 2 is 1.96 bits per heavy atom. The van der Waals surface area contributed by atoms with Crippen LogP contribution in [-0.2, 0) is 0 Å². The maximum Gasteiger partial charge on any atom is 0.272 e. The standard InChI is InChI=1S/C22H26FN3O/c1-16-7-4-10-19(24-16)20(27)25-12-6-11-22(25)14-21(2,3)26(15-22)18-9-5-8-17(23)13-18/h4-5,7-10,13H,6,11-12,14-15H2,1-3H3. The van der Waals surface area contributed by atoms with Crippen LogP contribution in [0.5, 0.6) is 0 Å². The van der Waals surface area contributed by atoms with E-state index >= 15 is 0 Å². The Hall–Kier alpha value is -2.43. The number of hydrogen-bond acceptors (Lipinski definition) is 3. The molecule has 1 spiro atoms. The van der Waals surface area contributed by atoms with Gasteiger partial charge >= 0.3 is 0 Å². The van der Waals surface area contributed by atoms with Gasteiger partial charge in [-0.3, -0.25) is 4.79 Å². The van der Waals surface area contributed by atoms with Crippen LogP contribution in [-0.4, -0.2) is 40.0 Å². The van der Waals surface area contributed by atoms with E-state index in [0.29, 0.717) is 5.69 Å². The fraction of sp³-hybridized carbons (Fsp3) is 0.455. The van der Waals surface area contributed by atoms with Gasteiger partial charge in [-0.25, -0.2) is 9.37 Å². The molecular weight excluding hydrogens is 341 g/mol. The number of carbonyl (C=O) groups is 1. The first-order valence-electron chi connectivity index (χ1n) is 9.60. The molecule has 2 aromatic rings. The van der Waals surface area contributed by atoms with Crippen molar-refractivity contribution >= 4 is 11.6 Å². The van der Waals surface area contributed by atoms with Gasteiger partial charge in [0.1, 0.15) is 11.5 Å². The number of aromatic nitrogens is 1. The maximum absolute atomic E-state index is 13.8. The summed E-state index contributed by atoms with van der Waals surface area (Å²) in [6, 6.07) is 12.3. The summed E-state index contributed by atoms with van der Waals surface area (Å²) in [7, 11) is 0. The van der Waals surface area contributed by atoms with Crippen molar-refractivity contribution in [3.63, 3.8) is 0 Å². The van der Waals surface area contributed by atoms with Crippen LogP contribution in [0.15, 0.2) is 42.5 Å². The molecule has 1 atom stereocenters. The smallest absolute Gasteiger partial charge is 0.272 e. The molecule has 0 bridgehead atoms. The van der Waals surface area contributed by atoms with Crippen LogP contribution in [0.1, 0.15) is 49.3 Å². The predicted molar refractivity (Wildman–Crippen MR) is 104 cm³/mol. The van der Waals surface area contributed by atoms with Gasteiger partial charge in [-0.1, -0.05) is 12.1 Å². The number of nitrogens with zero attached hydrogens (tertiary/aromatic N) is 3. The van der Waals surface area contributed by atoms with Gasteiger partial charge in [0, 0.05) is 30.0 Å². The Morgan fingerprint density at radius 1 is 1.19 bits per heavy atom. The summed E-state index contributed by atoms with van der Waals surface area (Å²) in [5, 5.41) is 0. The van der Waals surface area contributed by atoms with Crippen molar-refractivity contribution in [3.8, 4) is 0 Å². The lowest BCUT2D eigenvalue weighted by Gasteiger charge is -2.35. The Balaban J connectivity index is 1.67. The third-order valence-corrected chi connectivity index (χ3v) is 6.01. The van der Waals surface area contributed by atoms with E-state index < -0.39 is 0 Å². The van der Waals surface area contributed by atoms with Crippen molar-refractivity contribution in [2.45, 2.75) is 51.1 Å². The first-order valence-corrected chi connectivity index (χ1v) is 9.60. The molecule has 27 heavy (non-hydrogen) atoms. The van der Waals surface area contributed by atoms with Crippen LogP contribution in [0.4, 0.5) is 10.1 Å². The lowest BCUT2D eigenvalue weighted by atomic mass is 9.87. The fourth-order valence-electron chi connectivity index (χ4n) is 4.95. The molecule has 2 aliphatic rings. The van der Waals surface area contributed by atoms with Crippen molar-refractivity contribution in [3.05, 3.63) is 59.7 Å². The molecular formula is C22H26FN3O. The number of carbonyl (C=O) groups excluding carboxylic acids is 1. The molecule has 1 aromatic carbocycles. The van der Waals surface area contributed by atoms with E-state index in [4.69, 9.17) is 0 Å². The van der Waals surface area contributed by atoms with E-state index in [0.717, 1.165) is 43.7 Å². The van der Waals surface area contributed by atoms with Crippen LogP contribution in [0, 0.1) is 12.7 Å². The van der Waals surface area contributed by atoms with Gasteiger partial charge in [0.15, 0.2) is 0 Å². The number of amides is 1. The van der Waals surface area contributed by atoms with Crippen LogP contribution in [0.3, 0.4) is 0 Å². The summed E-state index contributed by atoms with van der Waals surface area (Å²) in [4.78, 5) is 22.0. The number of pyridine rings is 1. The van der Waals surface area contributed by atoms with Crippen molar-refractivity contribution in [2.75, 3.05) is 18.0 Å². The molecule has 1 amide bonds. The second kappa shape index (κ2) is 6.32. The second-order valence-corrected chi connectivity index (χ2v) is 8.50. The third-order valence-electron chi connectivity index (χ3n) is 6.01. The summed E-state index contributed by atoms with van der Waals surface area (Å²) in [6.45, 7) is 7.74. The van der Waals surface area contributed by atoms with E-state index in [1.807, 2.05) is 30.0 Å². The minimum Gasteiger partial charge on any atom is -0.364 e. The number of benzene rings is 1. The fourth-order valence-corrected chi connectivity index (χ4v) is 4.95. The molecule has 4 rings (SSSR count). The van der Waals surface area contributed by atoms with Gasteiger partial charge in [0.25, 0.3) is 5.91 Å². The largest absolute Gasteiger partial charge is 0.364 e. The molecule has 2 aliphatic heterocycles. The van der Waals surface area contributed by atoms with Gasteiger partial charge < -0.3 is 9.80 Å². The number of rotatable bonds is 2. The highest BCUT2D eigenvalue weighted by Crippen LogP contribution is 2.47. The topological polar surface area (TPSA) is 36.4 Å². The lowest BCUT2D eigenvalue weighted by Crippen LogP contribution is -2.49. The Kier molecular flexibility index (Phi) is 4.21. The maximum atomic E-state index is 13.8. The summed E-state index contributed by atoms with van der Waals surface area (Å²) < 4.78 is 13.8. The molecule has 4 nitrogen and oxygen atoms in total. The first kappa shape index (κ1) is 18.0. The number of halogens is 1. The van der Waals surface area contributed by atoms with Crippen molar-refractivity contribution < 1.29 is 9.18 Å². The number of aryl methyl sites for hydroxylation is 1. The normalized spacial score (nSPS) is 24.0. The highest BCUT2D eigenvalue weighted by Gasteiger charge is 2.55. The summed E-state index contributed by atoms with van der Waals surface area (Å²) in [5.74, 6) is -0.222. The van der Waals surface area contributed by atoms with E-state index in [1.54, 1.807) is 18.2 Å². The summed E-state index contributed by atoms with van der Waals surface area (Å²) in [5.41, 5.74) is 1.86. The summed E-state index contributed by atoms with van der Waals surface area (Å²) in [6.07, 6.45) is 2.83. The van der Waals surface area contributed by atoms with Crippen molar-refractivity contribution in [2.24, 2.45) is 0 Å². The molecule has 0 aliphatic carbocycles. The molecule has 142 valence electrons. The second-order valence-electron chi connectivity index (χ2n) is 8.50. The van der Waals surface area contributed by atoms with Gasteiger partial charge in [0.05, 0.1) is 5.54 Å². The monoisotopic (exact) mass is 367 g/mol. The average molecular weight is 367 g/mol. The van der Waals surface area contributed by atoms with Gasteiger partial charge in [-0.15, -0.1) is 0 Å². The zero-order valence-corrected chi connectivity index (χ0v) is 16.2. The van der Waals surface area contributed by atoms with E-state index in [9.17, 15) is 9.18 Å². The van der Waals surface area contributed by atoms with Gasteiger partial charge in [-0.05, 0) is 70.4 Å². The summed E-state index contributed by atoms with van der Waals surface area (Å²) >= 11 is 0. The Labute approximate surface area is 160 Å². The first-order chi connectivity index (χ1) is 12.8. The van der Waals surface area contributed by atoms with E-state index in [1.165, 1.54) is 6.07 Å². The van der Waals surface area contributed by atoms with Crippen LogP contribution in [0.2, 0.25) is 0 Å². The van der Waals surface area contributed by atoms with Gasteiger partial charge in [0.2, 0.25) is 0 Å². The van der Waals surface area contributed by atoms with Crippen molar-refractivity contribution in [1.29, 1.82) is 0 Å². The minimum absolute atomic E-state index is 0.00749.